The van der Waals surface area contributed by atoms with E-state index < -0.39 is 11.6 Å². The summed E-state index contributed by atoms with van der Waals surface area (Å²) >= 11 is 0. The number of hydrogen-bond acceptors (Lipinski definition) is 4. The molecule has 204 valence electrons. The van der Waals surface area contributed by atoms with Gasteiger partial charge < -0.3 is 9.64 Å². The van der Waals surface area contributed by atoms with Crippen molar-refractivity contribution in [3.63, 3.8) is 0 Å². The molecule has 0 bridgehead atoms. The molecular formula is C30H42F2N2O3. The van der Waals surface area contributed by atoms with Gasteiger partial charge in [-0.25, -0.2) is 8.78 Å². The molecule has 1 aromatic carbocycles. The van der Waals surface area contributed by atoms with Crippen molar-refractivity contribution >= 4 is 11.9 Å². The molecule has 1 amide bonds. The number of carbonyl (C=O) groups is 2. The summed E-state index contributed by atoms with van der Waals surface area (Å²) < 4.78 is 33.7. The Morgan fingerprint density at radius 3 is 2.38 bits per heavy atom. The highest BCUT2D eigenvalue weighted by molar-refractivity contribution is 5.81. The minimum Gasteiger partial charge on any atom is -0.469 e. The lowest BCUT2D eigenvalue weighted by Gasteiger charge is -2.46. The topological polar surface area (TPSA) is 49.9 Å². The fourth-order valence-electron chi connectivity index (χ4n) is 8.25. The Hall–Kier alpha value is -2.02. The van der Waals surface area contributed by atoms with Crippen LogP contribution in [0.3, 0.4) is 0 Å². The Kier molecular flexibility index (Phi) is 7.14. The monoisotopic (exact) mass is 516 g/mol. The van der Waals surface area contributed by atoms with Crippen LogP contribution in [0.4, 0.5) is 8.78 Å². The zero-order chi connectivity index (χ0) is 26.5. The summed E-state index contributed by atoms with van der Waals surface area (Å²) in [6.45, 7) is 8.84. The van der Waals surface area contributed by atoms with Crippen LogP contribution in [0.2, 0.25) is 0 Å². The zero-order valence-electron chi connectivity index (χ0n) is 22.8. The maximum absolute atomic E-state index is 14.9. The summed E-state index contributed by atoms with van der Waals surface area (Å²) in [5.74, 6) is -0.890. The third kappa shape index (κ3) is 4.81. The molecule has 2 aliphatic heterocycles. The number of carbonyl (C=O) groups excluding carboxylic acids is 2. The van der Waals surface area contributed by atoms with Crippen LogP contribution in [-0.4, -0.2) is 60.5 Å². The summed E-state index contributed by atoms with van der Waals surface area (Å²) in [6, 6.07) is 3.74. The summed E-state index contributed by atoms with van der Waals surface area (Å²) in [4.78, 5) is 30.8. The number of nitrogens with zero attached hydrogens (tertiary/aromatic N) is 2. The number of rotatable bonds is 3. The molecule has 5 atom stereocenters. The van der Waals surface area contributed by atoms with Crippen LogP contribution in [-0.2, 0) is 14.3 Å². The molecule has 4 fully saturated rings. The van der Waals surface area contributed by atoms with E-state index in [2.05, 4.69) is 25.7 Å². The highest BCUT2D eigenvalue weighted by Gasteiger charge is 2.57. The van der Waals surface area contributed by atoms with Gasteiger partial charge in [0.1, 0.15) is 11.6 Å². The summed E-state index contributed by atoms with van der Waals surface area (Å²) in [6.07, 6.45) is 7.38. The van der Waals surface area contributed by atoms with E-state index in [1.54, 1.807) is 0 Å². The van der Waals surface area contributed by atoms with Crippen molar-refractivity contribution in [3.05, 3.63) is 35.4 Å². The Morgan fingerprint density at radius 2 is 1.73 bits per heavy atom. The van der Waals surface area contributed by atoms with E-state index in [-0.39, 0.29) is 40.6 Å². The SMILES string of the molecule is COC(=O)[C@H]1CC2(CCN(C(=O)[C@@H]3CN(C(C)(C)C)C[C@H]3c3ccc(F)cc3F)CC2)C2CCCCC21. The molecule has 2 heterocycles. The largest absolute Gasteiger partial charge is 0.469 e. The lowest BCUT2D eigenvalue weighted by Crippen LogP contribution is -2.48. The number of ether oxygens (including phenoxy) is 1. The van der Waals surface area contributed by atoms with Gasteiger partial charge in [0.15, 0.2) is 0 Å². The van der Waals surface area contributed by atoms with Crippen molar-refractivity contribution in [1.29, 1.82) is 0 Å². The number of amides is 1. The van der Waals surface area contributed by atoms with E-state index in [0.29, 0.717) is 43.6 Å². The third-order valence-electron chi connectivity index (χ3n) is 10.3. The van der Waals surface area contributed by atoms with Gasteiger partial charge >= 0.3 is 5.97 Å². The third-order valence-corrected chi connectivity index (χ3v) is 10.3. The number of methoxy groups -OCH3 is 1. The van der Waals surface area contributed by atoms with E-state index in [1.807, 2.05) is 4.90 Å². The van der Waals surface area contributed by atoms with E-state index in [9.17, 15) is 18.4 Å². The number of benzene rings is 1. The van der Waals surface area contributed by atoms with Crippen LogP contribution in [0.1, 0.15) is 77.2 Å². The second-order valence-electron chi connectivity index (χ2n) is 13.0. The fourth-order valence-corrected chi connectivity index (χ4v) is 8.25. The lowest BCUT2D eigenvalue weighted by atomic mass is 9.65. The van der Waals surface area contributed by atoms with Gasteiger partial charge in [0.25, 0.3) is 0 Å². The number of esters is 1. The molecule has 2 unspecified atom stereocenters. The van der Waals surface area contributed by atoms with E-state index in [1.165, 1.54) is 38.5 Å². The van der Waals surface area contributed by atoms with E-state index >= 15 is 0 Å². The molecule has 2 aliphatic carbocycles. The van der Waals surface area contributed by atoms with Crippen molar-refractivity contribution in [2.75, 3.05) is 33.3 Å². The van der Waals surface area contributed by atoms with Crippen molar-refractivity contribution in [2.24, 2.45) is 29.1 Å². The zero-order valence-corrected chi connectivity index (χ0v) is 22.8. The molecule has 7 heteroatoms. The number of fused-ring (bicyclic) bond motifs is 2. The Morgan fingerprint density at radius 1 is 1.03 bits per heavy atom. The number of piperidine rings is 1. The average Bonchev–Trinajstić information content (AvgIpc) is 3.45. The minimum absolute atomic E-state index is 0.0152. The number of halogens is 2. The van der Waals surface area contributed by atoms with Gasteiger partial charge in [-0.3, -0.25) is 14.5 Å². The van der Waals surface area contributed by atoms with Crippen molar-refractivity contribution in [3.8, 4) is 0 Å². The highest BCUT2D eigenvalue weighted by atomic mass is 19.1. The highest BCUT2D eigenvalue weighted by Crippen LogP contribution is 2.60. The molecule has 37 heavy (non-hydrogen) atoms. The molecule has 5 nitrogen and oxygen atoms in total. The Labute approximate surface area is 219 Å². The van der Waals surface area contributed by atoms with Gasteiger partial charge in [0, 0.05) is 43.7 Å². The second kappa shape index (κ2) is 9.94. The Balaban J connectivity index is 1.34. The maximum atomic E-state index is 14.9. The molecular weight excluding hydrogens is 474 g/mol. The summed E-state index contributed by atoms with van der Waals surface area (Å²) in [5, 5.41) is 0. The van der Waals surface area contributed by atoms with Gasteiger partial charge in [-0.05, 0) is 81.8 Å². The molecule has 1 spiro atoms. The predicted octanol–water partition coefficient (Wildman–Crippen LogP) is 5.39. The van der Waals surface area contributed by atoms with Crippen LogP contribution >= 0.6 is 0 Å². The molecule has 2 saturated heterocycles. The second-order valence-corrected chi connectivity index (χ2v) is 13.0. The van der Waals surface area contributed by atoms with Crippen molar-refractivity contribution in [2.45, 2.75) is 77.2 Å². The molecule has 5 rings (SSSR count). The standard InChI is InChI=1S/C30H42F2N2O3/c1-29(2,3)34-17-23(21-10-9-19(31)15-26(21)32)24(18-34)27(35)33-13-11-30(12-14-33)16-22(28(36)37-4)20-7-5-6-8-25(20)30/h9-10,15,20,22-25H,5-8,11-14,16-18H2,1-4H3/t20?,22-,23-,24+,25?/m0/s1. The summed E-state index contributed by atoms with van der Waals surface area (Å²) in [7, 11) is 1.50. The van der Waals surface area contributed by atoms with Gasteiger partial charge in [0.05, 0.1) is 18.9 Å². The van der Waals surface area contributed by atoms with Crippen molar-refractivity contribution in [1.82, 2.24) is 9.80 Å². The molecule has 0 aromatic heterocycles. The first-order valence-electron chi connectivity index (χ1n) is 14.1. The molecule has 0 radical (unpaired) electrons. The van der Waals surface area contributed by atoms with Gasteiger partial charge in [0.2, 0.25) is 5.91 Å². The van der Waals surface area contributed by atoms with Crippen LogP contribution in [0, 0.1) is 40.7 Å². The predicted molar refractivity (Wildman–Crippen MR) is 138 cm³/mol. The number of hydrogen-bond donors (Lipinski definition) is 0. The number of likely N-dealkylation sites (tertiary alicyclic amines) is 2. The summed E-state index contributed by atoms with van der Waals surface area (Å²) in [5.41, 5.74) is 0.385. The first-order chi connectivity index (χ1) is 17.5. The normalized spacial score (nSPS) is 31.9. The van der Waals surface area contributed by atoms with Crippen LogP contribution in [0.5, 0.6) is 0 Å². The van der Waals surface area contributed by atoms with E-state index in [4.69, 9.17) is 4.74 Å². The molecule has 2 saturated carbocycles. The van der Waals surface area contributed by atoms with Crippen molar-refractivity contribution < 1.29 is 23.1 Å². The Bertz CT molecular complexity index is 1030. The molecule has 4 aliphatic rings. The molecule has 0 N–H and O–H groups in total. The van der Waals surface area contributed by atoms with Crippen LogP contribution < -0.4 is 0 Å². The van der Waals surface area contributed by atoms with Crippen LogP contribution in [0.15, 0.2) is 18.2 Å². The van der Waals surface area contributed by atoms with Gasteiger partial charge in [-0.1, -0.05) is 18.9 Å². The smallest absolute Gasteiger partial charge is 0.308 e. The maximum Gasteiger partial charge on any atom is 0.308 e. The van der Waals surface area contributed by atoms with E-state index in [0.717, 1.165) is 31.7 Å². The quantitative estimate of drug-likeness (QED) is 0.506. The minimum atomic E-state index is -0.598. The fraction of sp³-hybridized carbons (Fsp3) is 0.733. The van der Waals surface area contributed by atoms with Gasteiger partial charge in [-0.15, -0.1) is 0 Å². The van der Waals surface area contributed by atoms with Gasteiger partial charge in [-0.2, -0.15) is 0 Å². The lowest BCUT2D eigenvalue weighted by molar-refractivity contribution is -0.147. The first kappa shape index (κ1) is 26.6. The first-order valence-corrected chi connectivity index (χ1v) is 14.1. The molecule has 1 aromatic rings. The van der Waals surface area contributed by atoms with Crippen LogP contribution in [0.25, 0.3) is 0 Å². The average molecular weight is 517 g/mol.